The van der Waals surface area contributed by atoms with Crippen molar-refractivity contribution in [2.75, 3.05) is 12.8 Å². The molecule has 0 aliphatic rings. The van der Waals surface area contributed by atoms with Crippen molar-refractivity contribution in [1.82, 2.24) is 5.32 Å². The summed E-state index contributed by atoms with van der Waals surface area (Å²) in [6, 6.07) is 15.8. The highest BCUT2D eigenvalue weighted by atomic mass is 32.2. The van der Waals surface area contributed by atoms with Crippen LogP contribution in [0.15, 0.2) is 53.4 Å². The third kappa shape index (κ3) is 4.34. The monoisotopic (exact) mass is 300 g/mol. The topological polar surface area (TPSA) is 55.1 Å². The lowest BCUT2D eigenvalue weighted by Crippen LogP contribution is -2.23. The lowest BCUT2D eigenvalue weighted by Gasteiger charge is -2.09. The van der Waals surface area contributed by atoms with Crippen LogP contribution >= 0.6 is 11.8 Å². The molecule has 0 bridgehead atoms. The number of rotatable bonds is 6. The zero-order valence-electron chi connectivity index (χ0n) is 12.1. The fourth-order valence-electron chi connectivity index (χ4n) is 2.10. The Morgan fingerprint density at radius 2 is 1.76 bits per heavy atom. The first-order valence-corrected chi connectivity index (χ1v) is 8.16. The molecule has 110 valence electrons. The predicted molar refractivity (Wildman–Crippen MR) is 88.6 cm³/mol. The van der Waals surface area contributed by atoms with E-state index in [0.29, 0.717) is 13.1 Å². The zero-order chi connectivity index (χ0) is 15.1. The van der Waals surface area contributed by atoms with Crippen molar-refractivity contribution in [3.05, 3.63) is 65.2 Å². The molecule has 0 fully saturated rings. The first-order chi connectivity index (χ1) is 10.2. The molecule has 4 heteroatoms. The maximum absolute atomic E-state index is 12.2. The molecule has 0 unspecified atom stereocenters. The Morgan fingerprint density at radius 3 is 2.43 bits per heavy atom. The van der Waals surface area contributed by atoms with E-state index in [0.717, 1.165) is 22.4 Å². The average molecular weight is 300 g/mol. The Labute approximate surface area is 129 Å². The second kappa shape index (κ2) is 7.86. The fraction of sp³-hybridized carbons (Fsp3) is 0.235. The van der Waals surface area contributed by atoms with Crippen molar-refractivity contribution in [2.24, 2.45) is 5.73 Å². The van der Waals surface area contributed by atoms with Crippen LogP contribution in [0.4, 0.5) is 0 Å². The molecule has 0 heterocycles. The highest BCUT2D eigenvalue weighted by Gasteiger charge is 2.09. The Balaban J connectivity index is 1.97. The summed E-state index contributed by atoms with van der Waals surface area (Å²) in [5.41, 5.74) is 8.57. The van der Waals surface area contributed by atoms with Gasteiger partial charge in [-0.1, -0.05) is 36.4 Å². The number of nitrogens with one attached hydrogen (secondary N) is 1. The van der Waals surface area contributed by atoms with E-state index in [1.54, 1.807) is 11.8 Å². The van der Waals surface area contributed by atoms with Crippen LogP contribution in [-0.2, 0) is 13.0 Å². The van der Waals surface area contributed by atoms with E-state index >= 15 is 0 Å². The number of hydrogen-bond acceptors (Lipinski definition) is 3. The van der Waals surface area contributed by atoms with E-state index in [9.17, 15) is 4.79 Å². The van der Waals surface area contributed by atoms with Gasteiger partial charge in [0.05, 0.1) is 5.56 Å². The largest absolute Gasteiger partial charge is 0.348 e. The minimum atomic E-state index is -0.0361. The van der Waals surface area contributed by atoms with Crippen LogP contribution in [0.5, 0.6) is 0 Å². The highest BCUT2D eigenvalue weighted by Crippen LogP contribution is 2.19. The Hall–Kier alpha value is -1.78. The minimum absolute atomic E-state index is 0.0361. The first kappa shape index (κ1) is 15.6. The van der Waals surface area contributed by atoms with Gasteiger partial charge < -0.3 is 11.1 Å². The van der Waals surface area contributed by atoms with E-state index < -0.39 is 0 Å². The molecule has 0 aromatic heterocycles. The van der Waals surface area contributed by atoms with Crippen LogP contribution in [0.2, 0.25) is 0 Å². The van der Waals surface area contributed by atoms with Crippen molar-refractivity contribution >= 4 is 17.7 Å². The van der Waals surface area contributed by atoms with Crippen molar-refractivity contribution < 1.29 is 4.79 Å². The summed E-state index contributed by atoms with van der Waals surface area (Å²) in [5, 5.41) is 2.96. The summed E-state index contributed by atoms with van der Waals surface area (Å²) in [4.78, 5) is 13.2. The van der Waals surface area contributed by atoms with E-state index in [2.05, 4.69) is 17.4 Å². The fourth-order valence-corrected chi connectivity index (χ4v) is 2.70. The Bertz CT molecular complexity index is 596. The average Bonchev–Trinajstić information content (AvgIpc) is 2.54. The van der Waals surface area contributed by atoms with E-state index in [-0.39, 0.29) is 5.91 Å². The van der Waals surface area contributed by atoms with Crippen LogP contribution in [0.1, 0.15) is 21.5 Å². The molecule has 0 saturated heterocycles. The second-order valence-electron chi connectivity index (χ2n) is 4.74. The summed E-state index contributed by atoms with van der Waals surface area (Å²) in [6.07, 6.45) is 2.86. The third-order valence-electron chi connectivity index (χ3n) is 3.26. The highest BCUT2D eigenvalue weighted by molar-refractivity contribution is 7.98. The van der Waals surface area contributed by atoms with Gasteiger partial charge in [0.25, 0.3) is 5.91 Å². The van der Waals surface area contributed by atoms with Gasteiger partial charge in [0.2, 0.25) is 0 Å². The van der Waals surface area contributed by atoms with Gasteiger partial charge in [-0.15, -0.1) is 11.8 Å². The zero-order valence-corrected chi connectivity index (χ0v) is 13.0. The molecule has 0 atom stereocenters. The number of nitrogens with two attached hydrogens (primary N) is 1. The van der Waals surface area contributed by atoms with Gasteiger partial charge in [-0.3, -0.25) is 4.79 Å². The van der Waals surface area contributed by atoms with Crippen LogP contribution in [0, 0.1) is 0 Å². The molecule has 1 amide bonds. The van der Waals surface area contributed by atoms with Crippen LogP contribution in [0.25, 0.3) is 0 Å². The second-order valence-corrected chi connectivity index (χ2v) is 5.59. The van der Waals surface area contributed by atoms with E-state index in [4.69, 9.17) is 5.73 Å². The van der Waals surface area contributed by atoms with Gasteiger partial charge in [0.15, 0.2) is 0 Å². The number of carbonyl (C=O) groups is 1. The number of hydrogen-bond donors (Lipinski definition) is 2. The molecular formula is C17H20N2OS. The van der Waals surface area contributed by atoms with Gasteiger partial charge >= 0.3 is 0 Å². The molecule has 3 N–H and O–H groups in total. The lowest BCUT2D eigenvalue weighted by atomic mass is 10.1. The van der Waals surface area contributed by atoms with E-state index in [1.165, 1.54) is 5.56 Å². The van der Waals surface area contributed by atoms with Gasteiger partial charge in [0.1, 0.15) is 0 Å². The van der Waals surface area contributed by atoms with Crippen molar-refractivity contribution in [1.29, 1.82) is 0 Å². The van der Waals surface area contributed by atoms with Crippen molar-refractivity contribution in [3.8, 4) is 0 Å². The van der Waals surface area contributed by atoms with E-state index in [1.807, 2.05) is 42.7 Å². The van der Waals surface area contributed by atoms with Crippen LogP contribution < -0.4 is 11.1 Å². The molecule has 2 rings (SSSR count). The SMILES string of the molecule is CSc1ccccc1C(=O)NCc1ccc(CCN)cc1. The van der Waals surface area contributed by atoms with Crippen LogP contribution in [0.3, 0.4) is 0 Å². The maximum atomic E-state index is 12.2. The van der Waals surface area contributed by atoms with Crippen LogP contribution in [-0.4, -0.2) is 18.7 Å². The number of benzene rings is 2. The van der Waals surface area contributed by atoms with Crippen molar-refractivity contribution in [2.45, 2.75) is 17.9 Å². The van der Waals surface area contributed by atoms with Crippen molar-refractivity contribution in [3.63, 3.8) is 0 Å². The quantitative estimate of drug-likeness (QED) is 0.807. The number of carbonyl (C=O) groups excluding carboxylic acids is 1. The lowest BCUT2D eigenvalue weighted by molar-refractivity contribution is 0.0948. The van der Waals surface area contributed by atoms with Gasteiger partial charge in [-0.05, 0) is 42.5 Å². The number of amides is 1. The maximum Gasteiger partial charge on any atom is 0.252 e. The molecule has 0 aliphatic carbocycles. The summed E-state index contributed by atoms with van der Waals surface area (Å²) in [5.74, 6) is -0.0361. The molecule has 0 radical (unpaired) electrons. The molecule has 2 aromatic carbocycles. The standard InChI is InChI=1S/C17H20N2OS/c1-21-16-5-3-2-4-15(16)17(20)19-12-14-8-6-13(7-9-14)10-11-18/h2-9H,10-12,18H2,1H3,(H,19,20). The third-order valence-corrected chi connectivity index (χ3v) is 4.06. The van der Waals surface area contributed by atoms with Gasteiger partial charge in [-0.2, -0.15) is 0 Å². The molecule has 0 aliphatic heterocycles. The first-order valence-electron chi connectivity index (χ1n) is 6.93. The predicted octanol–water partition coefficient (Wildman–Crippen LogP) is 2.84. The molecule has 3 nitrogen and oxygen atoms in total. The molecular weight excluding hydrogens is 280 g/mol. The molecule has 2 aromatic rings. The minimum Gasteiger partial charge on any atom is -0.348 e. The molecule has 0 saturated carbocycles. The smallest absolute Gasteiger partial charge is 0.252 e. The molecule has 0 spiro atoms. The normalized spacial score (nSPS) is 10.4. The van der Waals surface area contributed by atoms with Gasteiger partial charge in [0, 0.05) is 11.4 Å². The summed E-state index contributed by atoms with van der Waals surface area (Å²) in [6.45, 7) is 1.19. The summed E-state index contributed by atoms with van der Waals surface area (Å²) in [7, 11) is 0. The Kier molecular flexibility index (Phi) is 5.84. The Morgan fingerprint density at radius 1 is 1.10 bits per heavy atom. The molecule has 21 heavy (non-hydrogen) atoms. The van der Waals surface area contributed by atoms with Gasteiger partial charge in [-0.25, -0.2) is 0 Å². The summed E-state index contributed by atoms with van der Waals surface area (Å²) < 4.78 is 0. The number of thioether (sulfide) groups is 1. The summed E-state index contributed by atoms with van der Waals surface area (Å²) >= 11 is 1.58.